The van der Waals surface area contributed by atoms with Gasteiger partial charge in [-0.25, -0.2) is 0 Å². The first-order valence-electron chi connectivity index (χ1n) is 5.09. The second-order valence-corrected chi connectivity index (χ2v) is 2.85. The summed E-state index contributed by atoms with van der Waals surface area (Å²) in [5.41, 5.74) is 0.851. The molecule has 0 unspecified atom stereocenters. The van der Waals surface area contributed by atoms with Gasteiger partial charge in [-0.15, -0.1) is 0 Å². The molecule has 0 aromatic heterocycles. The average Bonchev–Trinajstić information content (AvgIpc) is 2.29. The van der Waals surface area contributed by atoms with E-state index in [1.54, 1.807) is 7.11 Å². The van der Waals surface area contributed by atoms with Crippen molar-refractivity contribution < 1.29 is 14.2 Å². The molecule has 0 N–H and O–H groups in total. The van der Waals surface area contributed by atoms with Gasteiger partial charge in [-0.3, -0.25) is 0 Å². The van der Waals surface area contributed by atoms with E-state index in [9.17, 15) is 0 Å². The fourth-order valence-corrected chi connectivity index (χ4v) is 1.27. The zero-order chi connectivity index (χ0) is 11.1. The standard InChI is InChI=1S/C12H17O3/c1-4-14-12(15-5-2)10-8-6-7-9-11(10)13-3/h6-9H,4-5H2,1-3H3. The predicted octanol–water partition coefficient (Wildman–Crippen LogP) is 2.61. The fourth-order valence-electron chi connectivity index (χ4n) is 1.27. The van der Waals surface area contributed by atoms with E-state index >= 15 is 0 Å². The molecule has 3 heteroatoms. The van der Waals surface area contributed by atoms with Crippen molar-refractivity contribution in [3.8, 4) is 5.75 Å². The fraction of sp³-hybridized carbons (Fsp3) is 0.417. The van der Waals surface area contributed by atoms with Crippen LogP contribution in [0.25, 0.3) is 0 Å². The average molecular weight is 209 g/mol. The minimum Gasteiger partial charge on any atom is -0.496 e. The lowest BCUT2D eigenvalue weighted by atomic mass is 10.2. The van der Waals surface area contributed by atoms with Crippen LogP contribution >= 0.6 is 0 Å². The molecule has 83 valence electrons. The first kappa shape index (κ1) is 12.0. The topological polar surface area (TPSA) is 27.7 Å². The van der Waals surface area contributed by atoms with E-state index in [1.807, 2.05) is 38.1 Å². The summed E-state index contributed by atoms with van der Waals surface area (Å²) in [4.78, 5) is 0. The molecule has 0 aliphatic carbocycles. The lowest BCUT2D eigenvalue weighted by molar-refractivity contribution is -0.0171. The maximum absolute atomic E-state index is 5.43. The summed E-state index contributed by atoms with van der Waals surface area (Å²) in [6.45, 7) is 5.00. The Morgan fingerprint density at radius 1 is 1.07 bits per heavy atom. The maximum Gasteiger partial charge on any atom is 0.259 e. The number of hydrogen-bond acceptors (Lipinski definition) is 3. The highest BCUT2D eigenvalue weighted by atomic mass is 16.7. The number of benzene rings is 1. The maximum atomic E-state index is 5.43. The second kappa shape index (κ2) is 6.43. The monoisotopic (exact) mass is 209 g/mol. The minimum atomic E-state index is 0.525. The van der Waals surface area contributed by atoms with Crippen LogP contribution in [-0.4, -0.2) is 20.3 Å². The summed E-state index contributed by atoms with van der Waals surface area (Å²) in [7, 11) is 1.63. The highest BCUT2D eigenvalue weighted by Gasteiger charge is 2.17. The molecule has 0 heterocycles. The van der Waals surface area contributed by atoms with Gasteiger partial charge in [0, 0.05) is 13.2 Å². The second-order valence-electron chi connectivity index (χ2n) is 2.85. The normalized spacial score (nSPS) is 10.7. The summed E-state index contributed by atoms with van der Waals surface area (Å²) in [5.74, 6) is 0.759. The van der Waals surface area contributed by atoms with Crippen LogP contribution in [0.5, 0.6) is 5.75 Å². The summed E-state index contributed by atoms with van der Waals surface area (Å²) >= 11 is 0. The van der Waals surface area contributed by atoms with E-state index in [-0.39, 0.29) is 0 Å². The zero-order valence-corrected chi connectivity index (χ0v) is 9.45. The highest BCUT2D eigenvalue weighted by molar-refractivity contribution is 5.39. The number of rotatable bonds is 6. The van der Waals surface area contributed by atoms with Crippen molar-refractivity contribution in [1.29, 1.82) is 0 Å². The molecule has 0 atom stereocenters. The Labute approximate surface area is 91.0 Å². The molecule has 0 bridgehead atoms. The molecule has 1 rings (SSSR count). The van der Waals surface area contributed by atoms with Crippen LogP contribution < -0.4 is 4.74 Å². The third kappa shape index (κ3) is 3.22. The van der Waals surface area contributed by atoms with Crippen molar-refractivity contribution in [3.63, 3.8) is 0 Å². The SMILES string of the molecule is CCO[C](OCC)c1ccccc1OC. The van der Waals surface area contributed by atoms with Gasteiger partial charge in [0.05, 0.1) is 12.7 Å². The molecule has 3 nitrogen and oxygen atoms in total. The van der Waals surface area contributed by atoms with Crippen LogP contribution in [0.1, 0.15) is 19.4 Å². The molecule has 0 aliphatic heterocycles. The van der Waals surface area contributed by atoms with E-state index in [2.05, 4.69) is 0 Å². The zero-order valence-electron chi connectivity index (χ0n) is 9.45. The van der Waals surface area contributed by atoms with Gasteiger partial charge in [-0.05, 0) is 26.0 Å². The van der Waals surface area contributed by atoms with E-state index in [0.717, 1.165) is 11.3 Å². The number of ether oxygens (including phenoxy) is 3. The summed E-state index contributed by atoms with van der Waals surface area (Å²) in [5, 5.41) is 0. The summed E-state index contributed by atoms with van der Waals surface area (Å²) in [6, 6.07) is 7.64. The predicted molar refractivity (Wildman–Crippen MR) is 58.6 cm³/mol. The van der Waals surface area contributed by atoms with Gasteiger partial charge in [0.25, 0.3) is 6.29 Å². The quantitative estimate of drug-likeness (QED) is 0.720. The van der Waals surface area contributed by atoms with Crippen LogP contribution in [0.4, 0.5) is 0 Å². The van der Waals surface area contributed by atoms with Gasteiger partial charge in [-0.1, -0.05) is 12.1 Å². The molecular formula is C12H17O3. The largest absolute Gasteiger partial charge is 0.496 e. The number of methoxy groups -OCH3 is 1. The highest BCUT2D eigenvalue weighted by Crippen LogP contribution is 2.27. The molecule has 1 aromatic rings. The number of hydrogen-bond donors (Lipinski definition) is 0. The summed E-state index contributed by atoms with van der Waals surface area (Å²) < 4.78 is 16.1. The van der Waals surface area contributed by atoms with Gasteiger partial charge in [-0.2, -0.15) is 0 Å². The third-order valence-electron chi connectivity index (χ3n) is 1.88. The Morgan fingerprint density at radius 2 is 1.67 bits per heavy atom. The Hall–Kier alpha value is -1.06. The lowest BCUT2D eigenvalue weighted by Gasteiger charge is -2.17. The first-order chi connectivity index (χ1) is 7.33. The molecule has 0 amide bonds. The van der Waals surface area contributed by atoms with E-state index in [4.69, 9.17) is 14.2 Å². The van der Waals surface area contributed by atoms with Gasteiger partial charge < -0.3 is 14.2 Å². The first-order valence-corrected chi connectivity index (χ1v) is 5.09. The Morgan fingerprint density at radius 3 is 2.20 bits per heavy atom. The molecule has 0 saturated carbocycles. The van der Waals surface area contributed by atoms with E-state index in [1.165, 1.54) is 0 Å². The summed E-state index contributed by atoms with van der Waals surface area (Å²) in [6.07, 6.45) is 0.525. The van der Waals surface area contributed by atoms with Crippen LogP contribution in [0.15, 0.2) is 24.3 Å². The Bertz CT molecular complexity index is 280. The molecule has 0 aliphatic rings. The number of para-hydroxylation sites is 1. The van der Waals surface area contributed by atoms with Gasteiger partial charge in [0.15, 0.2) is 0 Å². The van der Waals surface area contributed by atoms with E-state index in [0.29, 0.717) is 19.5 Å². The van der Waals surface area contributed by atoms with Gasteiger partial charge in [0.1, 0.15) is 5.75 Å². The van der Waals surface area contributed by atoms with Crippen molar-refractivity contribution >= 4 is 0 Å². The van der Waals surface area contributed by atoms with Crippen molar-refractivity contribution in [2.75, 3.05) is 20.3 Å². The molecule has 1 aromatic carbocycles. The molecule has 1 radical (unpaired) electrons. The van der Waals surface area contributed by atoms with Crippen LogP contribution in [0.3, 0.4) is 0 Å². The van der Waals surface area contributed by atoms with Crippen LogP contribution in [-0.2, 0) is 9.47 Å². The van der Waals surface area contributed by atoms with Crippen LogP contribution in [0, 0.1) is 6.29 Å². The molecule has 0 saturated heterocycles. The Balaban J connectivity index is 2.88. The molecule has 0 fully saturated rings. The molecule has 15 heavy (non-hydrogen) atoms. The third-order valence-corrected chi connectivity index (χ3v) is 1.88. The van der Waals surface area contributed by atoms with Crippen molar-refractivity contribution in [2.45, 2.75) is 13.8 Å². The van der Waals surface area contributed by atoms with Gasteiger partial charge >= 0.3 is 0 Å². The van der Waals surface area contributed by atoms with Crippen molar-refractivity contribution in [3.05, 3.63) is 36.1 Å². The smallest absolute Gasteiger partial charge is 0.259 e. The van der Waals surface area contributed by atoms with E-state index < -0.39 is 0 Å². The Kier molecular flexibility index (Phi) is 5.15. The molecular weight excluding hydrogens is 192 g/mol. The minimum absolute atomic E-state index is 0.525. The molecule has 0 spiro atoms. The lowest BCUT2D eigenvalue weighted by Crippen LogP contribution is -2.11. The van der Waals surface area contributed by atoms with Gasteiger partial charge in [0.2, 0.25) is 0 Å². The van der Waals surface area contributed by atoms with Crippen molar-refractivity contribution in [2.24, 2.45) is 0 Å². The van der Waals surface area contributed by atoms with Crippen molar-refractivity contribution in [1.82, 2.24) is 0 Å². The van der Waals surface area contributed by atoms with Crippen LogP contribution in [0.2, 0.25) is 0 Å².